The SMILES string of the molecule is CC.CO.COc1c(OCc2ccc(B3OC(=O)CN(C)CC(=O)O3)cc2)cccc1N1CCC(F)(F)CC1. The lowest BCUT2D eigenvalue weighted by Crippen LogP contribution is -2.47. The minimum atomic E-state index is -2.63. The third kappa shape index (κ3) is 9.10. The zero-order chi connectivity index (χ0) is 29.0. The molecule has 1 N–H and O–H groups in total. The number of hydrogen-bond acceptors (Lipinski definition) is 9. The molecule has 2 fully saturated rings. The van der Waals surface area contributed by atoms with Crippen LogP contribution < -0.4 is 19.8 Å². The van der Waals surface area contributed by atoms with E-state index in [1.165, 1.54) is 12.0 Å². The Balaban J connectivity index is 0.00000127. The molecule has 0 spiro atoms. The lowest BCUT2D eigenvalue weighted by atomic mass is 9.78. The van der Waals surface area contributed by atoms with E-state index in [2.05, 4.69) is 0 Å². The van der Waals surface area contributed by atoms with E-state index >= 15 is 0 Å². The molecule has 2 aliphatic heterocycles. The van der Waals surface area contributed by atoms with E-state index in [9.17, 15) is 18.4 Å². The van der Waals surface area contributed by atoms with Gasteiger partial charge < -0.3 is 28.8 Å². The maximum Gasteiger partial charge on any atom is 0.636 e. The standard InChI is InChI=1S/C24H27BF2N2O6.C2H6.CH4O/c1-28-14-21(30)34-25(35-22(31)15-28)18-8-6-17(7-9-18)16-33-20-5-3-4-19(23(20)32-2)29-12-10-24(26,27)11-13-29;2*1-2/h3-9H,10-16H2,1-2H3;1-2H3;2H,1H3. The maximum absolute atomic E-state index is 13.6. The Kier molecular flexibility index (Phi) is 12.5. The van der Waals surface area contributed by atoms with Gasteiger partial charge in [0.15, 0.2) is 11.5 Å². The smallest absolute Gasteiger partial charge is 0.494 e. The van der Waals surface area contributed by atoms with Crippen molar-refractivity contribution in [2.75, 3.05) is 52.3 Å². The highest BCUT2D eigenvalue weighted by atomic mass is 19.3. The second kappa shape index (κ2) is 15.3. The molecule has 9 nitrogen and oxygen atoms in total. The van der Waals surface area contributed by atoms with Gasteiger partial charge in [0.2, 0.25) is 0 Å². The number of aliphatic hydroxyl groups is 1. The number of anilines is 1. The Morgan fingerprint density at radius 2 is 1.54 bits per heavy atom. The predicted octanol–water partition coefficient (Wildman–Crippen LogP) is 2.87. The predicted molar refractivity (Wildman–Crippen MR) is 145 cm³/mol. The monoisotopic (exact) mass is 550 g/mol. The number of ether oxygens (including phenoxy) is 2. The van der Waals surface area contributed by atoms with Crippen molar-refractivity contribution in [1.29, 1.82) is 0 Å². The Morgan fingerprint density at radius 3 is 2.08 bits per heavy atom. The number of para-hydroxylation sites is 1. The Labute approximate surface area is 228 Å². The topological polar surface area (TPSA) is 97.8 Å². The van der Waals surface area contributed by atoms with Crippen molar-refractivity contribution in [3.63, 3.8) is 0 Å². The Morgan fingerprint density at radius 1 is 0.974 bits per heavy atom. The molecule has 4 rings (SSSR count). The molecular formula is C27H37BF2N2O7. The van der Waals surface area contributed by atoms with Crippen molar-refractivity contribution < 1.29 is 42.3 Å². The molecule has 0 aliphatic carbocycles. The van der Waals surface area contributed by atoms with Gasteiger partial charge in [0.1, 0.15) is 6.61 Å². The third-order valence-corrected chi connectivity index (χ3v) is 5.92. The minimum Gasteiger partial charge on any atom is -0.494 e. The molecule has 2 heterocycles. The van der Waals surface area contributed by atoms with Crippen LogP contribution in [0.25, 0.3) is 0 Å². The molecule has 2 aliphatic rings. The van der Waals surface area contributed by atoms with Gasteiger partial charge in [-0.15, -0.1) is 0 Å². The average molecular weight is 550 g/mol. The van der Waals surface area contributed by atoms with E-state index in [-0.39, 0.29) is 45.6 Å². The number of alkyl halides is 2. The number of nitrogens with zero attached hydrogens (tertiary/aromatic N) is 2. The first-order chi connectivity index (χ1) is 18.7. The summed E-state index contributed by atoms with van der Waals surface area (Å²) in [5.41, 5.74) is 2.07. The van der Waals surface area contributed by atoms with Crippen LogP contribution in [-0.2, 0) is 25.5 Å². The normalized spacial score (nSPS) is 17.2. The zero-order valence-corrected chi connectivity index (χ0v) is 23.1. The molecule has 0 aromatic heterocycles. The van der Waals surface area contributed by atoms with Crippen LogP contribution in [0.4, 0.5) is 14.5 Å². The number of rotatable bonds is 6. The highest BCUT2D eigenvalue weighted by molar-refractivity contribution is 6.64. The number of benzene rings is 2. The first-order valence-electron chi connectivity index (χ1n) is 12.8. The first-order valence-corrected chi connectivity index (χ1v) is 12.8. The number of methoxy groups -OCH3 is 1. The molecule has 0 unspecified atom stereocenters. The molecule has 0 saturated carbocycles. The summed E-state index contributed by atoms with van der Waals surface area (Å²) in [6.07, 6.45) is -0.397. The van der Waals surface area contributed by atoms with Gasteiger partial charge >= 0.3 is 19.1 Å². The first kappa shape index (κ1) is 31.8. The van der Waals surface area contributed by atoms with Gasteiger partial charge in [-0.25, -0.2) is 8.78 Å². The van der Waals surface area contributed by atoms with Crippen LogP contribution in [0.3, 0.4) is 0 Å². The fourth-order valence-electron chi connectivity index (χ4n) is 4.05. The zero-order valence-electron chi connectivity index (χ0n) is 23.1. The van der Waals surface area contributed by atoms with Crippen molar-refractivity contribution >= 4 is 30.2 Å². The molecule has 0 radical (unpaired) electrons. The van der Waals surface area contributed by atoms with Gasteiger partial charge in [-0.1, -0.05) is 44.2 Å². The number of likely N-dealkylation sites (N-methyl/N-ethyl adjacent to an activating group) is 1. The summed E-state index contributed by atoms with van der Waals surface area (Å²) >= 11 is 0. The van der Waals surface area contributed by atoms with Gasteiger partial charge in [-0.2, -0.15) is 0 Å². The number of carbonyl (C=O) groups excluding carboxylic acids is 2. The molecule has 2 aromatic rings. The number of piperidine rings is 1. The van der Waals surface area contributed by atoms with Crippen LogP contribution >= 0.6 is 0 Å². The van der Waals surface area contributed by atoms with Crippen LogP contribution in [0.2, 0.25) is 0 Å². The largest absolute Gasteiger partial charge is 0.636 e. The second-order valence-corrected chi connectivity index (χ2v) is 8.67. The molecule has 214 valence electrons. The molecule has 0 amide bonds. The molecule has 0 atom stereocenters. The number of carbonyl (C=O) groups is 2. The molecule has 2 aromatic carbocycles. The Bertz CT molecular complexity index is 1040. The lowest BCUT2D eigenvalue weighted by molar-refractivity contribution is -0.145. The summed E-state index contributed by atoms with van der Waals surface area (Å²) in [6, 6.07) is 12.4. The van der Waals surface area contributed by atoms with E-state index < -0.39 is 25.0 Å². The van der Waals surface area contributed by atoms with Crippen molar-refractivity contribution in [1.82, 2.24) is 4.90 Å². The molecular weight excluding hydrogens is 513 g/mol. The highest BCUT2D eigenvalue weighted by Gasteiger charge is 2.35. The highest BCUT2D eigenvalue weighted by Crippen LogP contribution is 2.40. The number of aliphatic hydroxyl groups excluding tert-OH is 1. The van der Waals surface area contributed by atoms with Crippen LogP contribution in [0.1, 0.15) is 32.3 Å². The Hall–Kier alpha value is -3.38. The van der Waals surface area contributed by atoms with E-state index in [0.717, 1.165) is 18.4 Å². The average Bonchev–Trinajstić information content (AvgIpc) is 2.93. The summed E-state index contributed by atoms with van der Waals surface area (Å²) in [6.45, 7) is 4.69. The second-order valence-electron chi connectivity index (χ2n) is 8.67. The van der Waals surface area contributed by atoms with E-state index in [1.54, 1.807) is 43.4 Å². The van der Waals surface area contributed by atoms with E-state index in [4.69, 9.17) is 23.9 Å². The van der Waals surface area contributed by atoms with E-state index in [1.807, 2.05) is 24.8 Å². The van der Waals surface area contributed by atoms with Gasteiger partial charge in [0.25, 0.3) is 5.92 Å². The van der Waals surface area contributed by atoms with Gasteiger partial charge in [0, 0.05) is 38.5 Å². The van der Waals surface area contributed by atoms with Crippen molar-refractivity contribution in [2.45, 2.75) is 39.2 Å². The summed E-state index contributed by atoms with van der Waals surface area (Å²) in [5.74, 6) is -2.61. The number of halogens is 2. The van der Waals surface area contributed by atoms with Crippen molar-refractivity contribution in [3.8, 4) is 11.5 Å². The van der Waals surface area contributed by atoms with Crippen molar-refractivity contribution in [3.05, 3.63) is 48.0 Å². The fourth-order valence-corrected chi connectivity index (χ4v) is 4.05. The summed E-state index contributed by atoms with van der Waals surface area (Å²) < 4.78 is 49.2. The maximum atomic E-state index is 13.6. The third-order valence-electron chi connectivity index (χ3n) is 5.92. The molecule has 0 bridgehead atoms. The number of hydrogen-bond donors (Lipinski definition) is 1. The van der Waals surface area contributed by atoms with Crippen LogP contribution in [0.15, 0.2) is 42.5 Å². The van der Waals surface area contributed by atoms with Gasteiger partial charge in [0.05, 0.1) is 25.9 Å². The van der Waals surface area contributed by atoms with Gasteiger partial charge in [-0.3, -0.25) is 14.5 Å². The lowest BCUT2D eigenvalue weighted by Gasteiger charge is -2.34. The van der Waals surface area contributed by atoms with Crippen LogP contribution in [0, 0.1) is 0 Å². The summed E-state index contributed by atoms with van der Waals surface area (Å²) in [7, 11) is 3.05. The minimum absolute atomic E-state index is 0.00171. The van der Waals surface area contributed by atoms with Crippen LogP contribution in [-0.4, -0.2) is 82.4 Å². The molecule has 12 heteroatoms. The quantitative estimate of drug-likeness (QED) is 0.545. The summed E-state index contributed by atoms with van der Waals surface area (Å²) in [5, 5.41) is 7.00. The van der Waals surface area contributed by atoms with Crippen LogP contribution in [0.5, 0.6) is 11.5 Å². The molecule has 39 heavy (non-hydrogen) atoms. The van der Waals surface area contributed by atoms with Gasteiger partial charge in [-0.05, 0) is 24.7 Å². The summed E-state index contributed by atoms with van der Waals surface area (Å²) in [4.78, 5) is 27.3. The van der Waals surface area contributed by atoms with E-state index in [0.29, 0.717) is 17.0 Å². The molecule has 2 saturated heterocycles. The fraction of sp³-hybridized carbons (Fsp3) is 0.481. The van der Waals surface area contributed by atoms with Crippen molar-refractivity contribution in [2.24, 2.45) is 0 Å².